The van der Waals surface area contributed by atoms with Crippen molar-refractivity contribution in [3.63, 3.8) is 0 Å². The summed E-state index contributed by atoms with van der Waals surface area (Å²) in [4.78, 5) is 2.64. The smallest absolute Gasteiger partial charge is 0.120 e. The molecule has 1 N–H and O–H groups in total. The van der Waals surface area contributed by atoms with E-state index in [1.54, 1.807) is 0 Å². The fourth-order valence-electron chi connectivity index (χ4n) is 3.48. The zero-order chi connectivity index (χ0) is 14.7. The van der Waals surface area contributed by atoms with E-state index < -0.39 is 0 Å². The molecule has 1 unspecified atom stereocenters. The second-order valence-corrected chi connectivity index (χ2v) is 6.86. The largest absolute Gasteiger partial charge is 0.463 e. The van der Waals surface area contributed by atoms with Crippen molar-refractivity contribution in [2.45, 2.75) is 84.0 Å². The third-order valence-corrected chi connectivity index (χ3v) is 5.03. The molecule has 0 aromatic carbocycles. The van der Waals surface area contributed by atoms with Crippen LogP contribution in [-0.2, 0) is 13.1 Å². The Labute approximate surface area is 129 Å². The van der Waals surface area contributed by atoms with Crippen LogP contribution in [0.5, 0.6) is 0 Å². The maximum atomic E-state index is 6.12. The molecule has 3 rings (SSSR count). The molecule has 0 spiro atoms. The van der Waals surface area contributed by atoms with Gasteiger partial charge in [-0.15, -0.1) is 0 Å². The van der Waals surface area contributed by atoms with Crippen LogP contribution in [0.2, 0.25) is 0 Å². The second-order valence-electron chi connectivity index (χ2n) is 6.86. The monoisotopic (exact) mass is 290 g/mol. The Bertz CT molecular complexity index is 450. The van der Waals surface area contributed by atoms with E-state index in [9.17, 15) is 0 Å². The summed E-state index contributed by atoms with van der Waals surface area (Å²) in [5, 5.41) is 3.55. The first kappa shape index (κ1) is 15.1. The molecular weight excluding hydrogens is 260 g/mol. The van der Waals surface area contributed by atoms with Gasteiger partial charge in [0.1, 0.15) is 11.5 Å². The maximum Gasteiger partial charge on any atom is 0.120 e. The molecule has 3 nitrogen and oxygen atoms in total. The van der Waals surface area contributed by atoms with Crippen LogP contribution in [0.25, 0.3) is 0 Å². The number of nitrogens with one attached hydrogen (secondary N) is 1. The minimum Gasteiger partial charge on any atom is -0.463 e. The highest BCUT2D eigenvalue weighted by atomic mass is 16.3. The third-order valence-electron chi connectivity index (χ3n) is 5.03. The standard InChI is InChI=1S/C18H30N2O/c1-3-16-7-5-4-6-10-20(16)13-17-11-14(2)18(21-17)12-19-15-8-9-15/h11,15-16,19H,3-10,12-13H2,1-2H3. The average molecular weight is 290 g/mol. The Kier molecular flexibility index (Phi) is 5.02. The van der Waals surface area contributed by atoms with Gasteiger partial charge in [-0.2, -0.15) is 0 Å². The van der Waals surface area contributed by atoms with Crippen molar-refractivity contribution in [1.29, 1.82) is 0 Å². The fourth-order valence-corrected chi connectivity index (χ4v) is 3.48. The predicted octanol–water partition coefficient (Wildman–Crippen LogP) is 3.99. The lowest BCUT2D eigenvalue weighted by Crippen LogP contribution is -2.33. The van der Waals surface area contributed by atoms with E-state index >= 15 is 0 Å². The van der Waals surface area contributed by atoms with Crippen LogP contribution in [0, 0.1) is 6.92 Å². The zero-order valence-electron chi connectivity index (χ0n) is 13.7. The van der Waals surface area contributed by atoms with E-state index in [4.69, 9.17) is 4.42 Å². The van der Waals surface area contributed by atoms with Gasteiger partial charge < -0.3 is 9.73 Å². The van der Waals surface area contributed by atoms with Crippen LogP contribution in [0.1, 0.15) is 69.0 Å². The maximum absolute atomic E-state index is 6.12. The van der Waals surface area contributed by atoms with Crippen LogP contribution >= 0.6 is 0 Å². The number of likely N-dealkylation sites (tertiary alicyclic amines) is 1. The summed E-state index contributed by atoms with van der Waals surface area (Å²) in [7, 11) is 0. The molecule has 21 heavy (non-hydrogen) atoms. The van der Waals surface area contributed by atoms with E-state index in [1.165, 1.54) is 57.1 Å². The normalized spacial score (nSPS) is 24.2. The summed E-state index contributed by atoms with van der Waals surface area (Å²) in [5.41, 5.74) is 1.31. The van der Waals surface area contributed by atoms with E-state index in [2.05, 4.69) is 30.1 Å². The molecule has 2 heterocycles. The first-order valence-corrected chi connectivity index (χ1v) is 8.82. The summed E-state index contributed by atoms with van der Waals surface area (Å²) < 4.78 is 6.12. The SMILES string of the molecule is CCC1CCCCCN1Cc1cc(C)c(CNC2CC2)o1. The molecule has 1 saturated carbocycles. The van der Waals surface area contributed by atoms with E-state index in [-0.39, 0.29) is 0 Å². The summed E-state index contributed by atoms with van der Waals surface area (Å²) in [6, 6.07) is 3.74. The molecule has 1 saturated heterocycles. The molecule has 1 aliphatic carbocycles. The summed E-state index contributed by atoms with van der Waals surface area (Å²) in [6.07, 6.45) is 9.40. The summed E-state index contributed by atoms with van der Waals surface area (Å²) >= 11 is 0. The van der Waals surface area contributed by atoms with Gasteiger partial charge in [0.05, 0.1) is 13.1 Å². The molecule has 0 amide bonds. The van der Waals surface area contributed by atoms with Crippen LogP contribution in [0.3, 0.4) is 0 Å². The third kappa shape index (κ3) is 4.10. The van der Waals surface area contributed by atoms with Crippen molar-refractivity contribution in [3.05, 3.63) is 23.2 Å². The van der Waals surface area contributed by atoms with E-state index in [0.29, 0.717) is 0 Å². The fraction of sp³-hybridized carbons (Fsp3) is 0.778. The van der Waals surface area contributed by atoms with Gasteiger partial charge in [-0.25, -0.2) is 0 Å². The van der Waals surface area contributed by atoms with E-state index in [1.807, 2.05) is 0 Å². The minimum absolute atomic E-state index is 0.742. The van der Waals surface area contributed by atoms with Gasteiger partial charge in [0.2, 0.25) is 0 Å². The number of furan rings is 1. The van der Waals surface area contributed by atoms with Crippen molar-refractivity contribution in [1.82, 2.24) is 10.2 Å². The van der Waals surface area contributed by atoms with Gasteiger partial charge in [0.25, 0.3) is 0 Å². The quantitative estimate of drug-likeness (QED) is 0.858. The van der Waals surface area contributed by atoms with Gasteiger partial charge in [-0.3, -0.25) is 4.90 Å². The Morgan fingerprint density at radius 2 is 2.10 bits per heavy atom. The lowest BCUT2D eigenvalue weighted by Gasteiger charge is -2.28. The van der Waals surface area contributed by atoms with Gasteiger partial charge >= 0.3 is 0 Å². The Hall–Kier alpha value is -0.800. The van der Waals surface area contributed by atoms with Crippen molar-refractivity contribution >= 4 is 0 Å². The molecule has 1 aromatic heterocycles. The molecule has 118 valence electrons. The Balaban J connectivity index is 1.61. The molecule has 1 aromatic rings. The number of rotatable bonds is 6. The number of nitrogens with zero attached hydrogens (tertiary/aromatic N) is 1. The molecular formula is C18H30N2O. The minimum atomic E-state index is 0.742. The zero-order valence-corrected chi connectivity index (χ0v) is 13.7. The van der Waals surface area contributed by atoms with Crippen LogP contribution in [0.15, 0.2) is 10.5 Å². The summed E-state index contributed by atoms with van der Waals surface area (Å²) in [6.45, 7) is 7.61. The molecule has 1 atom stereocenters. The highest BCUT2D eigenvalue weighted by Gasteiger charge is 2.23. The molecule has 2 fully saturated rings. The first-order chi connectivity index (χ1) is 10.3. The summed E-state index contributed by atoms with van der Waals surface area (Å²) in [5.74, 6) is 2.29. The Morgan fingerprint density at radius 1 is 1.24 bits per heavy atom. The predicted molar refractivity (Wildman–Crippen MR) is 86.3 cm³/mol. The van der Waals surface area contributed by atoms with Crippen LogP contribution in [0.4, 0.5) is 0 Å². The molecule has 0 bridgehead atoms. The number of hydrogen-bond donors (Lipinski definition) is 1. The Morgan fingerprint density at radius 3 is 2.86 bits per heavy atom. The molecule has 3 heteroatoms. The highest BCUT2D eigenvalue weighted by molar-refractivity contribution is 5.20. The number of aryl methyl sites for hydroxylation is 1. The topological polar surface area (TPSA) is 28.4 Å². The van der Waals surface area contributed by atoms with Crippen molar-refractivity contribution < 1.29 is 4.42 Å². The van der Waals surface area contributed by atoms with Crippen molar-refractivity contribution in [2.24, 2.45) is 0 Å². The van der Waals surface area contributed by atoms with Gasteiger partial charge in [0, 0.05) is 12.1 Å². The van der Waals surface area contributed by atoms with Crippen LogP contribution in [-0.4, -0.2) is 23.5 Å². The van der Waals surface area contributed by atoms with Gasteiger partial charge in [0.15, 0.2) is 0 Å². The second kappa shape index (κ2) is 6.97. The highest BCUT2D eigenvalue weighted by Crippen LogP contribution is 2.24. The first-order valence-electron chi connectivity index (χ1n) is 8.82. The lowest BCUT2D eigenvalue weighted by atomic mass is 10.1. The van der Waals surface area contributed by atoms with Gasteiger partial charge in [-0.05, 0) is 57.2 Å². The van der Waals surface area contributed by atoms with Crippen LogP contribution < -0.4 is 5.32 Å². The molecule has 0 radical (unpaired) electrons. The molecule has 1 aliphatic heterocycles. The average Bonchev–Trinajstić information content (AvgIpc) is 3.26. The molecule has 2 aliphatic rings. The van der Waals surface area contributed by atoms with Gasteiger partial charge in [-0.1, -0.05) is 19.8 Å². The van der Waals surface area contributed by atoms with Crippen molar-refractivity contribution in [3.8, 4) is 0 Å². The van der Waals surface area contributed by atoms with E-state index in [0.717, 1.165) is 36.7 Å². The number of hydrogen-bond acceptors (Lipinski definition) is 3. The lowest BCUT2D eigenvalue weighted by molar-refractivity contribution is 0.171. The van der Waals surface area contributed by atoms with Crippen molar-refractivity contribution in [2.75, 3.05) is 6.54 Å².